The summed E-state index contributed by atoms with van der Waals surface area (Å²) in [5.41, 5.74) is 7.11. The highest BCUT2D eigenvalue weighted by atomic mass is 16.4. The highest BCUT2D eigenvalue weighted by Gasteiger charge is 2.31. The number of hydrogen-bond acceptors (Lipinski definition) is 5. The normalized spacial score (nSPS) is 17.2. The zero-order chi connectivity index (χ0) is 25.8. The molecule has 0 bridgehead atoms. The summed E-state index contributed by atoms with van der Waals surface area (Å²) < 4.78 is 6.13. The molecule has 1 aliphatic heterocycles. The van der Waals surface area contributed by atoms with Crippen molar-refractivity contribution >= 4 is 17.5 Å². The first-order valence-corrected chi connectivity index (χ1v) is 13.2. The maximum atomic E-state index is 13.4. The van der Waals surface area contributed by atoms with Crippen molar-refractivity contribution in [2.24, 2.45) is 5.10 Å². The van der Waals surface area contributed by atoms with E-state index in [2.05, 4.69) is 22.4 Å². The molecule has 1 aliphatic carbocycles. The number of nitrogens with zero attached hydrogens (tertiary/aromatic N) is 3. The Balaban J connectivity index is 1.38. The lowest BCUT2D eigenvalue weighted by Gasteiger charge is -2.33. The van der Waals surface area contributed by atoms with Crippen LogP contribution < -0.4 is 5.43 Å². The first kappa shape index (κ1) is 25.0. The van der Waals surface area contributed by atoms with Gasteiger partial charge in [0.1, 0.15) is 5.76 Å². The van der Waals surface area contributed by atoms with Crippen molar-refractivity contribution in [2.75, 3.05) is 32.7 Å². The van der Waals surface area contributed by atoms with Gasteiger partial charge in [-0.2, -0.15) is 5.10 Å². The average Bonchev–Trinajstić information content (AvgIpc) is 3.29. The van der Waals surface area contributed by atoms with E-state index in [0.717, 1.165) is 72.6 Å². The zero-order valence-corrected chi connectivity index (χ0v) is 21.6. The minimum atomic E-state index is -0.473. The Kier molecular flexibility index (Phi) is 7.51. The van der Waals surface area contributed by atoms with E-state index in [1.807, 2.05) is 72.5 Å². The smallest absolute Gasteiger partial charge is 0.289 e. The van der Waals surface area contributed by atoms with Crippen molar-refractivity contribution < 1.29 is 14.0 Å². The van der Waals surface area contributed by atoms with Crippen molar-refractivity contribution in [1.29, 1.82) is 0 Å². The van der Waals surface area contributed by atoms with Gasteiger partial charge in [0, 0.05) is 43.7 Å². The Labute approximate surface area is 218 Å². The number of carbonyl (C=O) groups is 2. The fraction of sp³-hybridized carbons (Fsp3) is 0.367. The quantitative estimate of drug-likeness (QED) is 0.513. The number of aryl methyl sites for hydroxylation is 1. The third-order valence-corrected chi connectivity index (χ3v) is 7.46. The number of amides is 2. The SMILES string of the molecule is CCN1CCN(C(=O)c2oc3c(c2C)/C(=N/NC(=O)C(c2ccccc2)c2ccccc2)CCC3)CC1. The van der Waals surface area contributed by atoms with Crippen molar-refractivity contribution in [1.82, 2.24) is 15.2 Å². The van der Waals surface area contributed by atoms with Crippen LogP contribution in [-0.2, 0) is 11.2 Å². The second-order valence-electron chi connectivity index (χ2n) is 9.72. The van der Waals surface area contributed by atoms with Gasteiger partial charge in [-0.15, -0.1) is 0 Å². The fourth-order valence-electron chi connectivity index (χ4n) is 5.37. The summed E-state index contributed by atoms with van der Waals surface area (Å²) in [6.45, 7) is 8.23. The highest BCUT2D eigenvalue weighted by molar-refractivity contribution is 6.07. The minimum absolute atomic E-state index is 0.0562. The molecule has 0 atom stereocenters. The molecule has 0 radical (unpaired) electrons. The molecular formula is C30H34N4O3. The van der Waals surface area contributed by atoms with E-state index in [1.165, 1.54) is 0 Å². The number of carbonyl (C=O) groups excluding carboxylic acids is 2. The Hall–Kier alpha value is -3.71. The molecule has 5 rings (SSSR count). The molecule has 1 saturated heterocycles. The van der Waals surface area contributed by atoms with Gasteiger partial charge in [-0.3, -0.25) is 9.59 Å². The van der Waals surface area contributed by atoms with Crippen LogP contribution in [0.1, 0.15) is 64.3 Å². The number of benzene rings is 2. The molecule has 1 fully saturated rings. The number of piperazine rings is 1. The molecular weight excluding hydrogens is 464 g/mol. The lowest BCUT2D eigenvalue weighted by atomic mass is 9.90. The largest absolute Gasteiger partial charge is 0.455 e. The van der Waals surface area contributed by atoms with Crippen LogP contribution in [0.3, 0.4) is 0 Å². The summed E-state index contributed by atoms with van der Waals surface area (Å²) in [5, 5.41) is 4.59. The minimum Gasteiger partial charge on any atom is -0.455 e. The molecule has 3 aromatic rings. The number of hydrogen-bond donors (Lipinski definition) is 1. The molecule has 7 heteroatoms. The topological polar surface area (TPSA) is 78.2 Å². The van der Waals surface area contributed by atoms with Gasteiger partial charge in [0.2, 0.25) is 0 Å². The molecule has 192 valence electrons. The summed E-state index contributed by atoms with van der Waals surface area (Å²) in [7, 11) is 0. The van der Waals surface area contributed by atoms with E-state index in [9.17, 15) is 9.59 Å². The number of furan rings is 1. The molecule has 1 N–H and O–H groups in total. The number of likely N-dealkylation sites (N-methyl/N-ethyl adjacent to an activating group) is 1. The fourth-order valence-corrected chi connectivity index (χ4v) is 5.37. The van der Waals surface area contributed by atoms with Crippen LogP contribution >= 0.6 is 0 Å². The van der Waals surface area contributed by atoms with Crippen molar-refractivity contribution in [3.63, 3.8) is 0 Å². The maximum Gasteiger partial charge on any atom is 0.289 e. The second kappa shape index (κ2) is 11.1. The first-order valence-electron chi connectivity index (χ1n) is 13.2. The Morgan fingerprint density at radius 1 is 0.946 bits per heavy atom. The highest BCUT2D eigenvalue weighted by Crippen LogP contribution is 2.31. The molecule has 2 aliphatic rings. The number of rotatable bonds is 6. The Morgan fingerprint density at radius 2 is 1.57 bits per heavy atom. The van der Waals surface area contributed by atoms with Crippen LogP contribution in [0.25, 0.3) is 0 Å². The van der Waals surface area contributed by atoms with E-state index in [0.29, 0.717) is 18.8 Å². The summed E-state index contributed by atoms with van der Waals surface area (Å²) in [6, 6.07) is 19.5. The first-order chi connectivity index (χ1) is 18.1. The van der Waals surface area contributed by atoms with Crippen molar-refractivity contribution in [3.05, 3.63) is 94.4 Å². The van der Waals surface area contributed by atoms with Gasteiger partial charge in [-0.1, -0.05) is 67.6 Å². The van der Waals surface area contributed by atoms with E-state index < -0.39 is 5.92 Å². The summed E-state index contributed by atoms with van der Waals surface area (Å²) in [5.74, 6) is 0.471. The third-order valence-electron chi connectivity index (χ3n) is 7.46. The van der Waals surface area contributed by atoms with E-state index in [-0.39, 0.29) is 11.8 Å². The lowest BCUT2D eigenvalue weighted by Crippen LogP contribution is -2.48. The molecule has 0 unspecified atom stereocenters. The van der Waals surface area contributed by atoms with E-state index in [1.54, 1.807) is 0 Å². The van der Waals surface area contributed by atoms with Gasteiger partial charge in [0.25, 0.3) is 11.8 Å². The van der Waals surface area contributed by atoms with Crippen LogP contribution in [0.2, 0.25) is 0 Å². The molecule has 1 aromatic heterocycles. The van der Waals surface area contributed by atoms with Crippen LogP contribution in [0.15, 0.2) is 70.2 Å². The second-order valence-corrected chi connectivity index (χ2v) is 9.72. The monoisotopic (exact) mass is 498 g/mol. The molecule has 0 spiro atoms. The molecule has 2 aromatic carbocycles. The van der Waals surface area contributed by atoms with Crippen LogP contribution in [0.4, 0.5) is 0 Å². The Morgan fingerprint density at radius 3 is 2.16 bits per heavy atom. The standard InChI is InChI=1S/C30H34N4O3/c1-3-33-17-19-34(20-18-33)30(36)28-21(2)26-24(15-10-16-25(26)37-28)31-32-29(35)27(22-11-6-4-7-12-22)23-13-8-5-9-14-23/h4-9,11-14,27H,3,10,15-20H2,1-2H3,(H,32,35)/b31-24+. The van der Waals surface area contributed by atoms with E-state index >= 15 is 0 Å². The molecule has 7 nitrogen and oxygen atoms in total. The molecule has 2 heterocycles. The molecule has 2 amide bonds. The molecule has 37 heavy (non-hydrogen) atoms. The van der Waals surface area contributed by atoms with Gasteiger partial charge in [-0.25, -0.2) is 5.43 Å². The van der Waals surface area contributed by atoms with Crippen LogP contribution in [0.5, 0.6) is 0 Å². The van der Waals surface area contributed by atoms with Crippen LogP contribution in [0, 0.1) is 6.92 Å². The predicted molar refractivity (Wildman–Crippen MR) is 144 cm³/mol. The number of hydrazone groups is 1. The van der Waals surface area contributed by atoms with Crippen LogP contribution in [-0.4, -0.2) is 60.0 Å². The summed E-state index contributed by atoms with van der Waals surface area (Å²) in [6.07, 6.45) is 2.34. The number of nitrogens with one attached hydrogen (secondary N) is 1. The summed E-state index contributed by atoms with van der Waals surface area (Å²) in [4.78, 5) is 31.0. The average molecular weight is 499 g/mol. The van der Waals surface area contributed by atoms with Crippen molar-refractivity contribution in [2.45, 2.75) is 39.0 Å². The molecule has 0 saturated carbocycles. The van der Waals surface area contributed by atoms with Gasteiger partial charge < -0.3 is 14.2 Å². The van der Waals surface area contributed by atoms with Gasteiger partial charge in [0.05, 0.1) is 11.6 Å². The van der Waals surface area contributed by atoms with Gasteiger partial charge >= 0.3 is 0 Å². The van der Waals surface area contributed by atoms with Crippen molar-refractivity contribution in [3.8, 4) is 0 Å². The summed E-state index contributed by atoms with van der Waals surface area (Å²) >= 11 is 0. The number of fused-ring (bicyclic) bond motifs is 1. The Bertz CT molecular complexity index is 1240. The third kappa shape index (κ3) is 5.23. The maximum absolute atomic E-state index is 13.4. The van der Waals surface area contributed by atoms with E-state index in [4.69, 9.17) is 4.42 Å². The predicted octanol–water partition coefficient (Wildman–Crippen LogP) is 4.35. The lowest BCUT2D eigenvalue weighted by molar-refractivity contribution is -0.121. The zero-order valence-electron chi connectivity index (χ0n) is 21.6. The van der Waals surface area contributed by atoms with Gasteiger partial charge in [-0.05, 0) is 37.4 Å². The van der Waals surface area contributed by atoms with Gasteiger partial charge in [0.15, 0.2) is 5.76 Å².